The summed E-state index contributed by atoms with van der Waals surface area (Å²) in [7, 11) is 0. The van der Waals surface area contributed by atoms with Gasteiger partial charge in [-0.2, -0.15) is 5.06 Å². The van der Waals surface area contributed by atoms with Gasteiger partial charge in [0.2, 0.25) is 0 Å². The molecule has 7 N–H and O–H groups in total. The number of imide groups is 1. The molecule has 178 valence electrons. The molecule has 15 heteroatoms. The number of unbranched alkanes of at least 4 members (excludes halogenated alkanes) is 2. The standard InChI is InChI=1S/C12H17N3O5.C4H5NO3.CH3NO2/c1-2-3-4-7-12(13,16)10-6-5-9(14(17)18)8-11(10)15(19)20;6-3-1-2-4(7)5(3)8;2-1(3)4/h5-6,8,16H,2-4,7,13H2,1H3;8H,1-2H2;2H2,(H,3,4). The highest BCUT2D eigenvalue weighted by molar-refractivity contribution is 6.00. The van der Waals surface area contributed by atoms with Crippen molar-refractivity contribution in [2.75, 3.05) is 0 Å². The average molecular weight is 459 g/mol. The van der Waals surface area contributed by atoms with Gasteiger partial charge in [0, 0.05) is 18.9 Å². The van der Waals surface area contributed by atoms with Crippen molar-refractivity contribution in [3.63, 3.8) is 0 Å². The van der Waals surface area contributed by atoms with Crippen LogP contribution in [0.2, 0.25) is 0 Å². The fraction of sp³-hybridized carbons (Fsp3) is 0.471. The molecule has 2 rings (SSSR count). The summed E-state index contributed by atoms with van der Waals surface area (Å²) in [6.07, 6.45) is 1.47. The van der Waals surface area contributed by atoms with Gasteiger partial charge >= 0.3 is 6.09 Å². The summed E-state index contributed by atoms with van der Waals surface area (Å²) in [5.41, 5.74) is 6.82. The fourth-order valence-electron chi connectivity index (χ4n) is 2.49. The second-order valence-corrected chi connectivity index (χ2v) is 6.53. The smallest absolute Gasteiger partial charge is 0.402 e. The molecule has 3 amide bonds. The number of hydrogen-bond donors (Lipinski definition) is 5. The molecule has 0 bridgehead atoms. The Kier molecular flexibility index (Phi) is 11.4. The van der Waals surface area contributed by atoms with Crippen LogP contribution >= 0.6 is 0 Å². The van der Waals surface area contributed by atoms with Crippen molar-refractivity contribution in [2.45, 2.75) is 51.2 Å². The number of amides is 3. The molecular formula is C17H25N5O10. The van der Waals surface area contributed by atoms with Crippen molar-refractivity contribution < 1.29 is 39.7 Å². The van der Waals surface area contributed by atoms with Gasteiger partial charge in [0.25, 0.3) is 23.2 Å². The topological polar surface area (TPSA) is 253 Å². The lowest BCUT2D eigenvalue weighted by atomic mass is 9.95. The van der Waals surface area contributed by atoms with E-state index in [9.17, 15) is 34.9 Å². The summed E-state index contributed by atoms with van der Waals surface area (Å²) < 4.78 is 0. The number of carboxylic acid groups (broad SMARTS) is 1. The van der Waals surface area contributed by atoms with Gasteiger partial charge in [-0.3, -0.25) is 40.8 Å². The number of primary amides is 1. The molecule has 1 fully saturated rings. The predicted octanol–water partition coefficient (Wildman–Crippen LogP) is 1.33. The van der Waals surface area contributed by atoms with Crippen LogP contribution in [0.4, 0.5) is 16.2 Å². The summed E-state index contributed by atoms with van der Waals surface area (Å²) >= 11 is 0. The van der Waals surface area contributed by atoms with Gasteiger partial charge in [-0.1, -0.05) is 19.8 Å². The van der Waals surface area contributed by atoms with Crippen LogP contribution in [-0.4, -0.2) is 48.2 Å². The molecule has 1 unspecified atom stereocenters. The zero-order valence-corrected chi connectivity index (χ0v) is 17.2. The summed E-state index contributed by atoms with van der Waals surface area (Å²) in [5.74, 6) is -1.01. The largest absolute Gasteiger partial charge is 0.465 e. The van der Waals surface area contributed by atoms with Crippen LogP contribution in [0.1, 0.15) is 51.0 Å². The third-order valence-corrected chi connectivity index (χ3v) is 4.04. The Bertz CT molecular complexity index is 838. The van der Waals surface area contributed by atoms with E-state index in [-0.39, 0.29) is 29.9 Å². The highest BCUT2D eigenvalue weighted by Crippen LogP contribution is 2.33. The molecule has 0 aliphatic carbocycles. The number of nitro groups is 2. The predicted molar refractivity (Wildman–Crippen MR) is 107 cm³/mol. The number of hydroxylamine groups is 2. The highest BCUT2D eigenvalue weighted by Gasteiger charge is 2.33. The van der Waals surface area contributed by atoms with Crippen molar-refractivity contribution in [2.24, 2.45) is 11.5 Å². The van der Waals surface area contributed by atoms with E-state index in [0.29, 0.717) is 6.42 Å². The number of nitrogens with zero attached hydrogens (tertiary/aromatic N) is 3. The number of benzene rings is 1. The molecule has 1 saturated heterocycles. The Morgan fingerprint density at radius 2 is 1.66 bits per heavy atom. The number of nitro benzene ring substituents is 2. The molecule has 1 aromatic carbocycles. The second-order valence-electron chi connectivity index (χ2n) is 6.53. The Morgan fingerprint density at radius 1 is 1.16 bits per heavy atom. The minimum Gasteiger partial charge on any atom is -0.465 e. The molecule has 0 radical (unpaired) electrons. The Labute approximate surface area is 181 Å². The van der Waals surface area contributed by atoms with Crippen LogP contribution in [0.15, 0.2) is 18.2 Å². The fourth-order valence-corrected chi connectivity index (χ4v) is 2.49. The van der Waals surface area contributed by atoms with E-state index in [1.165, 1.54) is 0 Å². The van der Waals surface area contributed by atoms with Crippen molar-refractivity contribution in [3.05, 3.63) is 44.0 Å². The van der Waals surface area contributed by atoms with Gasteiger partial charge in [-0.05, 0) is 18.9 Å². The van der Waals surface area contributed by atoms with Crippen molar-refractivity contribution in [1.29, 1.82) is 0 Å². The summed E-state index contributed by atoms with van der Waals surface area (Å²) in [6.45, 7) is 1.98. The lowest BCUT2D eigenvalue weighted by molar-refractivity contribution is -0.395. The number of hydrogen-bond acceptors (Lipinski definition) is 10. The Morgan fingerprint density at radius 3 is 2.00 bits per heavy atom. The van der Waals surface area contributed by atoms with E-state index in [1.54, 1.807) is 0 Å². The van der Waals surface area contributed by atoms with Gasteiger partial charge in [0.05, 0.1) is 21.5 Å². The van der Waals surface area contributed by atoms with Crippen LogP contribution in [0.5, 0.6) is 0 Å². The van der Waals surface area contributed by atoms with Gasteiger partial charge in [-0.25, -0.2) is 4.79 Å². The first-order valence-corrected chi connectivity index (χ1v) is 9.22. The van der Waals surface area contributed by atoms with Crippen LogP contribution in [-0.2, 0) is 15.3 Å². The van der Waals surface area contributed by atoms with Gasteiger partial charge in [0.1, 0.15) is 5.72 Å². The van der Waals surface area contributed by atoms with Gasteiger partial charge < -0.3 is 15.9 Å². The number of carbonyl (C=O) groups is 3. The summed E-state index contributed by atoms with van der Waals surface area (Å²) in [6, 6.07) is 3.05. The molecule has 1 aromatic rings. The number of nitrogens with two attached hydrogens (primary N) is 2. The van der Waals surface area contributed by atoms with Gasteiger partial charge in [-0.15, -0.1) is 0 Å². The van der Waals surface area contributed by atoms with Crippen molar-refractivity contribution in [1.82, 2.24) is 5.06 Å². The molecule has 15 nitrogen and oxygen atoms in total. The maximum atomic E-state index is 11.0. The Hall–Kier alpha value is -3.69. The lowest BCUT2D eigenvalue weighted by Crippen LogP contribution is -2.37. The molecular weight excluding hydrogens is 434 g/mol. The first kappa shape index (κ1) is 28.3. The first-order chi connectivity index (χ1) is 14.7. The molecule has 1 atom stereocenters. The van der Waals surface area contributed by atoms with Gasteiger partial charge in [0.15, 0.2) is 0 Å². The number of non-ortho nitro benzene ring substituents is 1. The van der Waals surface area contributed by atoms with E-state index in [2.05, 4.69) is 5.73 Å². The first-order valence-electron chi connectivity index (χ1n) is 9.22. The third-order valence-electron chi connectivity index (χ3n) is 4.04. The molecule has 0 saturated carbocycles. The monoisotopic (exact) mass is 459 g/mol. The third kappa shape index (κ3) is 9.41. The van der Waals surface area contributed by atoms with Crippen molar-refractivity contribution in [3.8, 4) is 0 Å². The number of rotatable bonds is 7. The minimum atomic E-state index is -1.87. The molecule has 1 aliphatic rings. The molecule has 0 spiro atoms. The van der Waals surface area contributed by atoms with E-state index in [0.717, 1.165) is 31.0 Å². The zero-order valence-electron chi connectivity index (χ0n) is 17.2. The van der Waals surface area contributed by atoms with E-state index < -0.39 is 44.9 Å². The van der Waals surface area contributed by atoms with E-state index in [4.69, 9.17) is 20.8 Å². The minimum absolute atomic E-state index is 0.107. The molecule has 1 aliphatic heterocycles. The molecule has 0 aromatic heterocycles. The normalized spacial score (nSPS) is 14.4. The second kappa shape index (κ2) is 12.9. The SMILES string of the molecule is CCCCCC(N)(O)c1ccc([N+](=O)[O-])cc1[N+](=O)[O-].NC(=O)O.O=C1CCC(=O)N1O. The Balaban J connectivity index is 0.000000653. The van der Waals surface area contributed by atoms with Crippen LogP contribution < -0.4 is 11.5 Å². The van der Waals surface area contributed by atoms with Crippen LogP contribution in [0.3, 0.4) is 0 Å². The highest BCUT2D eigenvalue weighted by atomic mass is 16.6. The van der Waals surface area contributed by atoms with E-state index >= 15 is 0 Å². The maximum absolute atomic E-state index is 11.0. The summed E-state index contributed by atoms with van der Waals surface area (Å²) in [4.78, 5) is 49.4. The molecule has 1 heterocycles. The van der Waals surface area contributed by atoms with Crippen LogP contribution in [0, 0.1) is 20.2 Å². The lowest BCUT2D eigenvalue weighted by Gasteiger charge is -2.23. The zero-order chi connectivity index (χ0) is 25.1. The van der Waals surface area contributed by atoms with Crippen LogP contribution in [0.25, 0.3) is 0 Å². The molecule has 32 heavy (non-hydrogen) atoms. The average Bonchev–Trinajstić information content (AvgIpc) is 2.98. The van der Waals surface area contributed by atoms with Crippen molar-refractivity contribution >= 4 is 29.3 Å². The maximum Gasteiger partial charge on any atom is 0.402 e. The summed E-state index contributed by atoms with van der Waals surface area (Å²) in [5, 5.41) is 47.6. The number of aliphatic hydroxyl groups is 1. The number of carbonyl (C=O) groups excluding carboxylic acids is 2. The quantitative estimate of drug-likeness (QED) is 0.0970. The van der Waals surface area contributed by atoms with E-state index in [1.807, 2.05) is 6.92 Å².